The van der Waals surface area contributed by atoms with Crippen LogP contribution in [0.4, 0.5) is 10.6 Å². The highest BCUT2D eigenvalue weighted by Gasteiger charge is 2.18. The van der Waals surface area contributed by atoms with E-state index in [2.05, 4.69) is 41.3 Å². The summed E-state index contributed by atoms with van der Waals surface area (Å²) in [5.41, 5.74) is 6.41. The van der Waals surface area contributed by atoms with Gasteiger partial charge in [-0.15, -0.1) is 0 Å². The second-order valence-electron chi connectivity index (χ2n) is 9.13. The quantitative estimate of drug-likeness (QED) is 0.438. The lowest BCUT2D eigenvalue weighted by Crippen LogP contribution is -2.27. The maximum atomic E-state index is 12.2. The standard InChI is InChI=1S/C25H29N5O2/c1-7-8-18-9-15(2)20(13-26-18)19-10-17-12-27-22(29-24(31)32-25(4,5)6)11-21(17)30-14-16(3)28-23(19)30/h9-14H,7-8H2,1-6H3,(H,27,29,31). The molecular weight excluding hydrogens is 402 g/mol. The minimum Gasteiger partial charge on any atom is -0.444 e. The van der Waals surface area contributed by atoms with Crippen LogP contribution in [0.5, 0.6) is 0 Å². The van der Waals surface area contributed by atoms with E-state index in [0.29, 0.717) is 5.82 Å². The molecule has 0 saturated heterocycles. The number of aromatic nitrogens is 4. The summed E-state index contributed by atoms with van der Waals surface area (Å²) in [7, 11) is 0. The Balaban J connectivity index is 1.81. The molecule has 1 amide bonds. The Morgan fingerprint density at radius 2 is 1.88 bits per heavy atom. The summed E-state index contributed by atoms with van der Waals surface area (Å²) in [4.78, 5) is 26.1. The van der Waals surface area contributed by atoms with Crippen molar-refractivity contribution in [3.63, 3.8) is 0 Å². The molecule has 0 unspecified atom stereocenters. The molecule has 4 aromatic rings. The zero-order valence-electron chi connectivity index (χ0n) is 19.5. The number of fused-ring (bicyclic) bond motifs is 3. The molecule has 0 aliphatic heterocycles. The Hall–Kier alpha value is -3.48. The topological polar surface area (TPSA) is 81.4 Å². The lowest BCUT2D eigenvalue weighted by Gasteiger charge is -2.19. The van der Waals surface area contributed by atoms with Gasteiger partial charge in [0.15, 0.2) is 0 Å². The fourth-order valence-corrected chi connectivity index (χ4v) is 3.83. The average molecular weight is 432 g/mol. The van der Waals surface area contributed by atoms with Crippen LogP contribution >= 0.6 is 0 Å². The molecule has 1 N–H and O–H groups in total. The first kappa shape index (κ1) is 21.7. The normalized spacial score (nSPS) is 11.8. The van der Waals surface area contributed by atoms with Gasteiger partial charge in [-0.3, -0.25) is 14.7 Å². The number of carbonyl (C=O) groups excluding carboxylic acids is 1. The Kier molecular flexibility index (Phi) is 5.59. The van der Waals surface area contributed by atoms with Gasteiger partial charge in [0, 0.05) is 46.9 Å². The summed E-state index contributed by atoms with van der Waals surface area (Å²) in [5.74, 6) is 0.425. The number of imidazole rings is 1. The van der Waals surface area contributed by atoms with Crippen molar-refractivity contribution in [3.8, 4) is 11.1 Å². The molecule has 0 aromatic carbocycles. The zero-order valence-corrected chi connectivity index (χ0v) is 19.5. The van der Waals surface area contributed by atoms with Crippen molar-refractivity contribution in [1.82, 2.24) is 19.4 Å². The summed E-state index contributed by atoms with van der Waals surface area (Å²) in [6.45, 7) is 11.7. The molecule has 4 aromatic heterocycles. The van der Waals surface area contributed by atoms with E-state index in [-0.39, 0.29) is 0 Å². The second-order valence-corrected chi connectivity index (χ2v) is 9.13. The molecule has 166 valence electrons. The van der Waals surface area contributed by atoms with E-state index < -0.39 is 11.7 Å². The third kappa shape index (κ3) is 4.42. The fraction of sp³-hybridized carbons (Fsp3) is 0.360. The number of hydrogen-bond donors (Lipinski definition) is 1. The number of ether oxygens (including phenoxy) is 1. The molecular formula is C25H29N5O2. The number of pyridine rings is 3. The van der Waals surface area contributed by atoms with Crippen molar-refractivity contribution in [3.05, 3.63) is 53.7 Å². The van der Waals surface area contributed by atoms with Crippen LogP contribution in [0.25, 0.3) is 27.7 Å². The Labute approximate surface area is 187 Å². The smallest absolute Gasteiger partial charge is 0.413 e. The van der Waals surface area contributed by atoms with Gasteiger partial charge in [0.25, 0.3) is 0 Å². The predicted molar refractivity (Wildman–Crippen MR) is 127 cm³/mol. The molecule has 32 heavy (non-hydrogen) atoms. The highest BCUT2D eigenvalue weighted by Crippen LogP contribution is 2.32. The predicted octanol–water partition coefficient (Wildman–Crippen LogP) is 5.86. The third-order valence-electron chi connectivity index (χ3n) is 5.13. The van der Waals surface area contributed by atoms with Crippen LogP contribution in [0.2, 0.25) is 0 Å². The van der Waals surface area contributed by atoms with Crippen LogP contribution in [-0.4, -0.2) is 31.0 Å². The average Bonchev–Trinajstić information content (AvgIpc) is 3.08. The maximum absolute atomic E-state index is 12.2. The highest BCUT2D eigenvalue weighted by atomic mass is 16.6. The zero-order chi connectivity index (χ0) is 23.0. The van der Waals surface area contributed by atoms with E-state index >= 15 is 0 Å². The number of nitrogens with zero attached hydrogens (tertiary/aromatic N) is 4. The molecule has 0 atom stereocenters. The van der Waals surface area contributed by atoms with Crippen molar-refractivity contribution in [2.75, 3.05) is 5.32 Å². The first-order valence-corrected chi connectivity index (χ1v) is 10.9. The van der Waals surface area contributed by atoms with Crippen LogP contribution in [0.3, 0.4) is 0 Å². The van der Waals surface area contributed by atoms with E-state index in [1.807, 2.05) is 50.6 Å². The van der Waals surface area contributed by atoms with Gasteiger partial charge < -0.3 is 4.74 Å². The molecule has 0 aliphatic rings. The lowest BCUT2D eigenvalue weighted by molar-refractivity contribution is 0.0635. The molecule has 0 bridgehead atoms. The van der Waals surface area contributed by atoms with Crippen molar-refractivity contribution in [2.24, 2.45) is 0 Å². The van der Waals surface area contributed by atoms with Crippen LogP contribution in [0.1, 0.15) is 51.1 Å². The van der Waals surface area contributed by atoms with E-state index in [9.17, 15) is 4.79 Å². The van der Waals surface area contributed by atoms with Crippen LogP contribution in [0, 0.1) is 13.8 Å². The van der Waals surface area contributed by atoms with Gasteiger partial charge >= 0.3 is 6.09 Å². The van der Waals surface area contributed by atoms with Crippen molar-refractivity contribution >= 4 is 28.5 Å². The molecule has 4 heterocycles. The van der Waals surface area contributed by atoms with E-state index in [0.717, 1.165) is 51.9 Å². The minimum atomic E-state index is -0.580. The number of hydrogen-bond acceptors (Lipinski definition) is 5. The van der Waals surface area contributed by atoms with E-state index in [1.54, 1.807) is 6.20 Å². The number of rotatable bonds is 4. The fourth-order valence-electron chi connectivity index (χ4n) is 3.83. The first-order chi connectivity index (χ1) is 15.1. The molecule has 0 aliphatic carbocycles. The summed E-state index contributed by atoms with van der Waals surface area (Å²) >= 11 is 0. The van der Waals surface area contributed by atoms with Crippen molar-refractivity contribution < 1.29 is 9.53 Å². The van der Waals surface area contributed by atoms with Crippen molar-refractivity contribution in [1.29, 1.82) is 0 Å². The third-order valence-corrected chi connectivity index (χ3v) is 5.13. The van der Waals surface area contributed by atoms with Gasteiger partial charge in [-0.05, 0) is 58.7 Å². The molecule has 0 fully saturated rings. The summed E-state index contributed by atoms with van der Waals surface area (Å²) < 4.78 is 7.39. The summed E-state index contributed by atoms with van der Waals surface area (Å²) in [6.07, 6.45) is 7.19. The van der Waals surface area contributed by atoms with E-state index in [1.165, 1.54) is 5.56 Å². The van der Waals surface area contributed by atoms with Crippen LogP contribution in [-0.2, 0) is 11.2 Å². The first-order valence-electron chi connectivity index (χ1n) is 10.9. The summed E-state index contributed by atoms with van der Waals surface area (Å²) in [5, 5.41) is 3.66. The maximum Gasteiger partial charge on any atom is 0.413 e. The molecule has 7 heteroatoms. The molecule has 0 spiro atoms. The van der Waals surface area contributed by atoms with Gasteiger partial charge in [0.1, 0.15) is 17.1 Å². The lowest BCUT2D eigenvalue weighted by atomic mass is 10.0. The molecule has 4 rings (SSSR count). The second kappa shape index (κ2) is 8.22. The minimum absolute atomic E-state index is 0.425. The van der Waals surface area contributed by atoms with Gasteiger partial charge in [-0.1, -0.05) is 13.3 Å². The molecule has 7 nitrogen and oxygen atoms in total. The Morgan fingerprint density at radius 1 is 1.09 bits per heavy atom. The monoisotopic (exact) mass is 431 g/mol. The largest absolute Gasteiger partial charge is 0.444 e. The molecule has 0 radical (unpaired) electrons. The number of aryl methyl sites for hydroxylation is 3. The van der Waals surface area contributed by atoms with E-state index in [4.69, 9.17) is 9.72 Å². The van der Waals surface area contributed by atoms with Gasteiger partial charge in [0.2, 0.25) is 0 Å². The summed E-state index contributed by atoms with van der Waals surface area (Å²) in [6, 6.07) is 6.08. The van der Waals surface area contributed by atoms with Crippen LogP contribution < -0.4 is 5.32 Å². The number of amides is 1. The molecule has 0 saturated carbocycles. The van der Waals surface area contributed by atoms with Gasteiger partial charge in [-0.25, -0.2) is 14.8 Å². The number of nitrogens with one attached hydrogen (secondary N) is 1. The van der Waals surface area contributed by atoms with Crippen molar-refractivity contribution in [2.45, 2.75) is 60.0 Å². The Morgan fingerprint density at radius 3 is 2.56 bits per heavy atom. The highest BCUT2D eigenvalue weighted by molar-refractivity contribution is 5.94. The van der Waals surface area contributed by atoms with Crippen LogP contribution in [0.15, 0.2) is 36.8 Å². The Bertz CT molecular complexity index is 1320. The number of anilines is 1. The van der Waals surface area contributed by atoms with Gasteiger partial charge in [-0.2, -0.15) is 0 Å². The SMILES string of the molecule is CCCc1cc(C)c(-c2cc3cnc(NC(=O)OC(C)(C)C)cc3n3cc(C)nc23)cn1. The van der Waals surface area contributed by atoms with Gasteiger partial charge in [0.05, 0.1) is 11.2 Å². The number of carbonyl (C=O) groups is 1.